The molecule has 0 saturated heterocycles. The van der Waals surface area contributed by atoms with Gasteiger partial charge in [-0.1, -0.05) is 0 Å². The molecule has 2 heterocycles. The number of aryl methyl sites for hydroxylation is 1. The number of rotatable bonds is 5. The van der Waals surface area contributed by atoms with Crippen LogP contribution in [0, 0.1) is 24.4 Å². The Morgan fingerprint density at radius 2 is 1.97 bits per heavy atom. The first kappa shape index (κ1) is 21.2. The number of aliphatic hydroxyl groups is 1. The van der Waals surface area contributed by atoms with Gasteiger partial charge < -0.3 is 25.4 Å². The lowest BCUT2D eigenvalue weighted by atomic mass is 9.89. The summed E-state index contributed by atoms with van der Waals surface area (Å²) in [7, 11) is 1.68. The Kier molecular flexibility index (Phi) is 5.38. The van der Waals surface area contributed by atoms with E-state index in [0.717, 1.165) is 12.1 Å². The number of carbonyl (C=O) groups excluding carboxylic acids is 1. The molecule has 3 N–H and O–H groups in total. The first-order valence-electron chi connectivity index (χ1n) is 9.82. The van der Waals surface area contributed by atoms with E-state index in [4.69, 9.17) is 4.74 Å². The van der Waals surface area contributed by atoms with Crippen molar-refractivity contribution in [1.29, 1.82) is 0 Å². The van der Waals surface area contributed by atoms with Gasteiger partial charge in [0.1, 0.15) is 17.8 Å². The van der Waals surface area contributed by atoms with Crippen LogP contribution in [0.25, 0.3) is 0 Å². The number of nitrogens with zero attached hydrogens (tertiary/aromatic N) is 3. The fourth-order valence-corrected chi connectivity index (χ4v) is 3.81. The molecule has 1 fully saturated rings. The van der Waals surface area contributed by atoms with Crippen molar-refractivity contribution in [1.82, 2.24) is 9.97 Å². The molecule has 11 heteroatoms. The third-order valence-corrected chi connectivity index (χ3v) is 5.52. The van der Waals surface area contributed by atoms with E-state index in [9.17, 15) is 23.1 Å². The number of aromatic nitrogens is 2. The molecule has 1 saturated carbocycles. The predicted molar refractivity (Wildman–Crippen MR) is 107 cm³/mol. The average molecular weight is 437 g/mol. The highest BCUT2D eigenvalue weighted by Gasteiger charge is 2.37. The van der Waals surface area contributed by atoms with Gasteiger partial charge in [-0.05, 0) is 26.0 Å². The number of anilines is 3. The Labute approximate surface area is 176 Å². The monoisotopic (exact) mass is 437 g/mol. The number of hydrogen-bond donors (Lipinski definition) is 3. The van der Waals surface area contributed by atoms with E-state index in [1.54, 1.807) is 18.9 Å². The highest BCUT2D eigenvalue weighted by Crippen LogP contribution is 2.35. The summed E-state index contributed by atoms with van der Waals surface area (Å²) < 4.78 is 45.5. The van der Waals surface area contributed by atoms with Gasteiger partial charge in [0.25, 0.3) is 0 Å². The van der Waals surface area contributed by atoms with Gasteiger partial charge in [-0.3, -0.25) is 4.79 Å². The first-order valence-corrected chi connectivity index (χ1v) is 9.82. The number of carbonyl (C=O) groups is 1. The number of benzene rings is 1. The van der Waals surface area contributed by atoms with E-state index < -0.39 is 29.6 Å². The van der Waals surface area contributed by atoms with Crippen molar-refractivity contribution in [2.45, 2.75) is 51.0 Å². The molecule has 0 bridgehead atoms. The lowest BCUT2D eigenvalue weighted by Gasteiger charge is -2.38. The lowest BCUT2D eigenvalue weighted by Crippen LogP contribution is -2.52. The van der Waals surface area contributed by atoms with E-state index >= 15 is 0 Å². The Hall–Kier alpha value is -3.08. The Morgan fingerprint density at radius 1 is 1.26 bits per heavy atom. The van der Waals surface area contributed by atoms with E-state index in [1.807, 2.05) is 0 Å². The molecule has 2 aromatic rings. The minimum Gasteiger partial charge on any atom is -0.487 e. The zero-order chi connectivity index (χ0) is 22.4. The van der Waals surface area contributed by atoms with Gasteiger partial charge in [0.2, 0.25) is 17.7 Å². The second-order valence-corrected chi connectivity index (χ2v) is 7.84. The molecule has 4 rings (SSSR count). The summed E-state index contributed by atoms with van der Waals surface area (Å²) in [5.41, 5.74) is 1.05. The third kappa shape index (κ3) is 3.85. The van der Waals surface area contributed by atoms with Crippen LogP contribution in [0.1, 0.15) is 25.5 Å². The van der Waals surface area contributed by atoms with Crippen LogP contribution in [0.5, 0.6) is 5.75 Å². The maximum atomic E-state index is 13.8. The summed E-state index contributed by atoms with van der Waals surface area (Å²) in [6, 6.07) is 1.04. The number of halogens is 3. The second-order valence-electron chi connectivity index (χ2n) is 7.84. The fourth-order valence-electron chi connectivity index (χ4n) is 3.81. The molecule has 1 aliphatic carbocycles. The standard InChI is InChI=1S/C20H22F3N5O3/c1-8-16-18(28(3)17(9(2)29)19(30)26-16)27-20(24-8)25-10-6-11(7-10)31-13-5-4-12(21)14(22)15(13)23/h4-5,9-11,17,29H,6-7H2,1-3H3,(H,26,30)(H,24,25,27)/t9-,10?,11?,17-/m0/s1. The summed E-state index contributed by atoms with van der Waals surface area (Å²) in [4.78, 5) is 22.7. The van der Waals surface area contributed by atoms with Crippen LogP contribution < -0.4 is 20.3 Å². The van der Waals surface area contributed by atoms with E-state index in [1.165, 1.54) is 6.92 Å². The minimum absolute atomic E-state index is 0.0631. The number of amides is 1. The molecular formula is C20H22F3N5O3. The van der Waals surface area contributed by atoms with Crippen molar-refractivity contribution in [3.63, 3.8) is 0 Å². The molecule has 1 amide bonds. The topological polar surface area (TPSA) is 99.6 Å². The molecule has 2 aliphatic rings. The summed E-state index contributed by atoms with van der Waals surface area (Å²) in [5, 5.41) is 15.8. The van der Waals surface area contributed by atoms with Crippen LogP contribution in [0.2, 0.25) is 0 Å². The minimum atomic E-state index is -1.56. The molecule has 0 spiro atoms. The second kappa shape index (κ2) is 7.88. The zero-order valence-electron chi connectivity index (χ0n) is 17.1. The molecule has 1 aromatic carbocycles. The third-order valence-electron chi connectivity index (χ3n) is 5.52. The Balaban J connectivity index is 1.42. The highest BCUT2D eigenvalue weighted by molar-refractivity contribution is 6.03. The molecule has 2 atom stereocenters. The van der Waals surface area contributed by atoms with Gasteiger partial charge in [-0.15, -0.1) is 0 Å². The van der Waals surface area contributed by atoms with Crippen LogP contribution in [-0.2, 0) is 4.79 Å². The van der Waals surface area contributed by atoms with Crippen LogP contribution in [-0.4, -0.2) is 52.3 Å². The summed E-state index contributed by atoms with van der Waals surface area (Å²) >= 11 is 0. The van der Waals surface area contributed by atoms with Gasteiger partial charge in [-0.25, -0.2) is 13.8 Å². The lowest BCUT2D eigenvalue weighted by molar-refractivity contribution is -0.119. The SMILES string of the molecule is Cc1nc(NC2CC(Oc3ccc(F)c(F)c3F)C2)nc2c1NC(=O)[C@H]([C@H](C)O)N2C. The van der Waals surface area contributed by atoms with E-state index in [0.29, 0.717) is 36.0 Å². The highest BCUT2D eigenvalue weighted by atomic mass is 19.2. The molecule has 31 heavy (non-hydrogen) atoms. The number of aliphatic hydroxyl groups excluding tert-OH is 1. The Morgan fingerprint density at radius 3 is 2.65 bits per heavy atom. The molecule has 1 aliphatic heterocycles. The van der Waals surface area contributed by atoms with Crippen molar-refractivity contribution in [3.05, 3.63) is 35.3 Å². The normalized spacial score (nSPS) is 23.5. The van der Waals surface area contributed by atoms with E-state index in [-0.39, 0.29) is 23.8 Å². The largest absolute Gasteiger partial charge is 0.487 e. The maximum absolute atomic E-state index is 13.8. The molecule has 0 unspecified atom stereocenters. The molecule has 1 aromatic heterocycles. The van der Waals surface area contributed by atoms with Gasteiger partial charge in [-0.2, -0.15) is 9.37 Å². The van der Waals surface area contributed by atoms with Crippen molar-refractivity contribution >= 4 is 23.4 Å². The van der Waals surface area contributed by atoms with Crippen LogP contribution >= 0.6 is 0 Å². The Bertz CT molecular complexity index is 1030. The summed E-state index contributed by atoms with van der Waals surface area (Å²) in [5.74, 6) is -4.01. The van der Waals surface area contributed by atoms with Gasteiger partial charge in [0.15, 0.2) is 23.2 Å². The quantitative estimate of drug-likeness (QED) is 0.618. The average Bonchev–Trinajstić information content (AvgIpc) is 2.67. The van der Waals surface area contributed by atoms with Crippen LogP contribution in [0.15, 0.2) is 12.1 Å². The smallest absolute Gasteiger partial charge is 0.249 e. The van der Waals surface area contributed by atoms with Crippen molar-refractivity contribution in [2.75, 3.05) is 22.6 Å². The number of nitrogens with one attached hydrogen (secondary N) is 2. The van der Waals surface area contributed by atoms with E-state index in [2.05, 4.69) is 20.6 Å². The van der Waals surface area contributed by atoms with Crippen LogP contribution in [0.4, 0.5) is 30.6 Å². The van der Waals surface area contributed by atoms with Crippen LogP contribution in [0.3, 0.4) is 0 Å². The molecule has 8 nitrogen and oxygen atoms in total. The number of fused-ring (bicyclic) bond motifs is 1. The molecular weight excluding hydrogens is 415 g/mol. The zero-order valence-corrected chi connectivity index (χ0v) is 17.1. The van der Waals surface area contributed by atoms with Gasteiger partial charge >= 0.3 is 0 Å². The molecule has 166 valence electrons. The number of hydrogen-bond acceptors (Lipinski definition) is 7. The fraction of sp³-hybridized carbons (Fsp3) is 0.450. The molecule has 0 radical (unpaired) electrons. The first-order chi connectivity index (χ1) is 14.7. The van der Waals surface area contributed by atoms with Crippen molar-refractivity contribution < 1.29 is 27.8 Å². The predicted octanol–water partition coefficient (Wildman–Crippen LogP) is 2.36. The van der Waals surface area contributed by atoms with Crippen molar-refractivity contribution in [3.8, 4) is 5.75 Å². The maximum Gasteiger partial charge on any atom is 0.249 e. The number of ether oxygens (including phenoxy) is 1. The van der Waals surface area contributed by atoms with Crippen molar-refractivity contribution in [2.24, 2.45) is 0 Å². The van der Waals surface area contributed by atoms with Gasteiger partial charge in [0, 0.05) is 25.9 Å². The number of likely N-dealkylation sites (N-methyl/N-ethyl adjacent to an activating group) is 1. The summed E-state index contributed by atoms with van der Waals surface area (Å²) in [6.45, 7) is 3.27. The summed E-state index contributed by atoms with van der Waals surface area (Å²) in [6.07, 6.45) is -0.287. The van der Waals surface area contributed by atoms with Gasteiger partial charge in [0.05, 0.1) is 11.8 Å².